The average Bonchev–Trinajstić information content (AvgIpc) is 3.20. The van der Waals surface area contributed by atoms with Gasteiger partial charge in [-0.15, -0.1) is 11.3 Å². The Bertz CT molecular complexity index is 697. The summed E-state index contributed by atoms with van der Waals surface area (Å²) in [7, 11) is -3.56. The van der Waals surface area contributed by atoms with Crippen molar-refractivity contribution < 1.29 is 22.7 Å². The third-order valence-corrected chi connectivity index (χ3v) is 7.33. The van der Waals surface area contributed by atoms with Crippen LogP contribution in [-0.4, -0.2) is 50.3 Å². The predicted octanol–water partition coefficient (Wildman–Crippen LogP) is 0.971. The smallest absolute Gasteiger partial charge is 0.310 e. The molecule has 1 aromatic rings. The first-order valence-electron chi connectivity index (χ1n) is 7.96. The second-order valence-electron chi connectivity index (χ2n) is 6.08. The summed E-state index contributed by atoms with van der Waals surface area (Å²) in [6.07, 6.45) is 3.11. The Balaban J connectivity index is 1.54. The van der Waals surface area contributed by atoms with E-state index >= 15 is 0 Å². The van der Waals surface area contributed by atoms with E-state index in [-0.39, 0.29) is 29.3 Å². The second kappa shape index (κ2) is 7.20. The van der Waals surface area contributed by atoms with Crippen LogP contribution in [0.5, 0.6) is 0 Å². The van der Waals surface area contributed by atoms with Gasteiger partial charge in [-0.25, -0.2) is 8.42 Å². The molecule has 2 fully saturated rings. The van der Waals surface area contributed by atoms with Crippen molar-refractivity contribution in [3.8, 4) is 0 Å². The summed E-state index contributed by atoms with van der Waals surface area (Å²) in [6.45, 7) is 0.193. The van der Waals surface area contributed by atoms with Gasteiger partial charge in [0.15, 0.2) is 6.61 Å². The Morgan fingerprint density at radius 3 is 2.79 bits per heavy atom. The van der Waals surface area contributed by atoms with Gasteiger partial charge in [-0.1, -0.05) is 6.07 Å². The zero-order valence-corrected chi connectivity index (χ0v) is 14.8. The summed E-state index contributed by atoms with van der Waals surface area (Å²) in [5.74, 6) is -1.33. The van der Waals surface area contributed by atoms with Crippen molar-refractivity contribution in [3.05, 3.63) is 17.5 Å². The highest BCUT2D eigenvalue weighted by atomic mass is 32.2. The van der Waals surface area contributed by atoms with Gasteiger partial charge >= 0.3 is 5.97 Å². The van der Waals surface area contributed by atoms with E-state index in [1.807, 2.05) is 0 Å². The maximum Gasteiger partial charge on any atom is 0.310 e. The fourth-order valence-corrected chi connectivity index (χ4v) is 5.31. The molecule has 1 aromatic heterocycles. The number of carbonyl (C=O) groups excluding carboxylic acids is 2. The molecule has 1 aliphatic carbocycles. The average molecular weight is 372 g/mol. The van der Waals surface area contributed by atoms with E-state index in [1.165, 1.54) is 4.31 Å². The van der Waals surface area contributed by atoms with Crippen molar-refractivity contribution in [2.75, 3.05) is 19.7 Å². The normalized spacial score (nSPS) is 22.1. The highest BCUT2D eigenvalue weighted by Gasteiger charge is 2.34. The zero-order chi connectivity index (χ0) is 17.2. The number of thiophene rings is 1. The van der Waals surface area contributed by atoms with Crippen LogP contribution in [0.4, 0.5) is 0 Å². The number of carbonyl (C=O) groups is 2. The molecule has 132 valence electrons. The summed E-state index contributed by atoms with van der Waals surface area (Å²) < 4.78 is 31.7. The van der Waals surface area contributed by atoms with Crippen molar-refractivity contribution in [1.82, 2.24) is 9.62 Å². The third kappa shape index (κ3) is 4.14. The first kappa shape index (κ1) is 17.4. The minimum Gasteiger partial charge on any atom is -0.455 e. The number of hydrogen-bond donors (Lipinski definition) is 1. The van der Waals surface area contributed by atoms with Gasteiger partial charge in [-0.2, -0.15) is 4.31 Å². The molecule has 24 heavy (non-hydrogen) atoms. The van der Waals surface area contributed by atoms with Gasteiger partial charge in [-0.05, 0) is 37.1 Å². The molecule has 2 aliphatic rings. The monoisotopic (exact) mass is 372 g/mol. The highest BCUT2D eigenvalue weighted by molar-refractivity contribution is 7.91. The second-order valence-corrected chi connectivity index (χ2v) is 9.20. The van der Waals surface area contributed by atoms with Crippen molar-refractivity contribution in [2.45, 2.75) is 35.9 Å². The minimum absolute atomic E-state index is 0.101. The summed E-state index contributed by atoms with van der Waals surface area (Å²) >= 11 is 1.16. The van der Waals surface area contributed by atoms with Crippen LogP contribution in [0, 0.1) is 5.92 Å². The number of nitrogens with one attached hydrogen (secondary N) is 1. The molecule has 0 spiro atoms. The largest absolute Gasteiger partial charge is 0.455 e. The van der Waals surface area contributed by atoms with Gasteiger partial charge in [-0.3, -0.25) is 9.59 Å². The number of piperidine rings is 1. The van der Waals surface area contributed by atoms with E-state index < -0.39 is 21.9 Å². The Morgan fingerprint density at radius 1 is 1.33 bits per heavy atom. The molecular formula is C15H20N2O5S2. The number of amides is 1. The molecule has 9 heteroatoms. The lowest BCUT2D eigenvalue weighted by Crippen LogP contribution is -2.43. The summed E-state index contributed by atoms with van der Waals surface area (Å²) in [5, 5.41) is 4.45. The van der Waals surface area contributed by atoms with Crippen molar-refractivity contribution >= 4 is 33.2 Å². The third-order valence-electron chi connectivity index (χ3n) is 4.09. The Morgan fingerprint density at radius 2 is 2.12 bits per heavy atom. The standard InChI is InChI=1S/C15H20N2O5S2/c18-13(16-12-5-6-12)10-22-15(19)11-3-1-7-17(9-11)24(20,21)14-4-2-8-23-14/h2,4,8,11-12H,1,3,5-7,9-10H2,(H,16,18). The summed E-state index contributed by atoms with van der Waals surface area (Å²) in [4.78, 5) is 23.7. The Kier molecular flexibility index (Phi) is 5.21. The molecule has 3 rings (SSSR count). The molecule has 0 bridgehead atoms. The van der Waals surface area contributed by atoms with Gasteiger partial charge in [0.25, 0.3) is 15.9 Å². The molecule has 1 unspecified atom stereocenters. The predicted molar refractivity (Wildman–Crippen MR) is 87.9 cm³/mol. The topological polar surface area (TPSA) is 92.8 Å². The molecule has 0 radical (unpaired) electrons. The SMILES string of the molecule is O=C(COC(=O)C1CCCN(S(=O)(=O)c2cccs2)C1)NC1CC1. The number of nitrogens with zero attached hydrogens (tertiary/aromatic N) is 1. The first-order chi connectivity index (χ1) is 11.5. The van der Waals surface area contributed by atoms with Crippen LogP contribution in [0.1, 0.15) is 25.7 Å². The summed E-state index contributed by atoms with van der Waals surface area (Å²) in [6, 6.07) is 3.47. The molecule has 1 atom stereocenters. The fraction of sp³-hybridized carbons (Fsp3) is 0.600. The fourth-order valence-electron chi connectivity index (χ4n) is 2.64. The van der Waals surface area contributed by atoms with E-state index in [1.54, 1.807) is 17.5 Å². The van der Waals surface area contributed by atoms with Gasteiger partial charge < -0.3 is 10.1 Å². The van der Waals surface area contributed by atoms with Crippen LogP contribution in [0.15, 0.2) is 21.7 Å². The maximum atomic E-state index is 12.5. The van der Waals surface area contributed by atoms with Crippen LogP contribution in [0.25, 0.3) is 0 Å². The Labute approximate surface area is 145 Å². The van der Waals surface area contributed by atoms with Gasteiger partial charge in [0.2, 0.25) is 0 Å². The lowest BCUT2D eigenvalue weighted by molar-refractivity contribution is -0.153. The van der Waals surface area contributed by atoms with Crippen LogP contribution >= 0.6 is 11.3 Å². The lowest BCUT2D eigenvalue weighted by atomic mass is 10.0. The van der Waals surface area contributed by atoms with Crippen molar-refractivity contribution in [2.24, 2.45) is 5.92 Å². The van der Waals surface area contributed by atoms with Crippen LogP contribution in [0.2, 0.25) is 0 Å². The molecule has 0 aromatic carbocycles. The molecule has 7 nitrogen and oxygen atoms in total. The quantitative estimate of drug-likeness (QED) is 0.751. The number of ether oxygens (including phenoxy) is 1. The van der Waals surface area contributed by atoms with Crippen LogP contribution in [0.3, 0.4) is 0 Å². The van der Waals surface area contributed by atoms with Crippen molar-refractivity contribution in [3.63, 3.8) is 0 Å². The molecule has 1 saturated carbocycles. The lowest BCUT2D eigenvalue weighted by Gasteiger charge is -2.30. The zero-order valence-electron chi connectivity index (χ0n) is 13.1. The number of sulfonamides is 1. The van der Waals surface area contributed by atoms with E-state index in [2.05, 4.69) is 5.32 Å². The van der Waals surface area contributed by atoms with Crippen LogP contribution < -0.4 is 5.32 Å². The molecular weight excluding hydrogens is 352 g/mol. The van der Waals surface area contributed by atoms with Gasteiger partial charge in [0.1, 0.15) is 4.21 Å². The molecule has 1 amide bonds. The molecule has 1 saturated heterocycles. The van der Waals surface area contributed by atoms with E-state index in [4.69, 9.17) is 4.74 Å². The number of rotatable bonds is 6. The molecule has 1 aliphatic heterocycles. The minimum atomic E-state index is -3.56. The van der Waals surface area contributed by atoms with Gasteiger partial charge in [0, 0.05) is 19.1 Å². The first-order valence-corrected chi connectivity index (χ1v) is 10.3. The number of hydrogen-bond acceptors (Lipinski definition) is 6. The van der Waals surface area contributed by atoms with Crippen molar-refractivity contribution in [1.29, 1.82) is 0 Å². The van der Waals surface area contributed by atoms with E-state index in [9.17, 15) is 18.0 Å². The maximum absolute atomic E-state index is 12.5. The summed E-state index contributed by atoms with van der Waals surface area (Å²) in [5.41, 5.74) is 0. The number of esters is 1. The Hall–Kier alpha value is -1.45. The van der Waals surface area contributed by atoms with E-state index in [0.29, 0.717) is 19.4 Å². The molecule has 2 heterocycles. The molecule has 1 N–H and O–H groups in total. The van der Waals surface area contributed by atoms with E-state index in [0.717, 1.165) is 24.2 Å². The highest BCUT2D eigenvalue weighted by Crippen LogP contribution is 2.26. The van der Waals surface area contributed by atoms with Crippen LogP contribution in [-0.2, 0) is 24.3 Å². The van der Waals surface area contributed by atoms with Gasteiger partial charge in [0.05, 0.1) is 5.92 Å².